The van der Waals surface area contributed by atoms with Gasteiger partial charge >= 0.3 is 6.18 Å². The number of nitrogens with one attached hydrogen (secondary N) is 1. The number of nitrogens with zero attached hydrogens (tertiary/aromatic N) is 1. The molecule has 0 amide bonds. The third-order valence-corrected chi connectivity index (χ3v) is 4.58. The molecule has 0 aliphatic carbocycles. The van der Waals surface area contributed by atoms with Gasteiger partial charge in [0.25, 0.3) is 0 Å². The van der Waals surface area contributed by atoms with Crippen molar-refractivity contribution in [1.29, 1.82) is 0 Å². The van der Waals surface area contributed by atoms with Gasteiger partial charge in [-0.05, 0) is 23.8 Å². The quantitative estimate of drug-likeness (QED) is 0.595. The number of aliphatic hydroxyl groups excluding tert-OH is 1. The first-order valence-corrected chi connectivity index (χ1v) is 8.09. The highest BCUT2D eigenvalue weighted by Gasteiger charge is 2.30. The van der Waals surface area contributed by atoms with Crippen LogP contribution in [0.2, 0.25) is 0 Å². The predicted molar refractivity (Wildman–Crippen MR) is 91.4 cm³/mol. The normalized spacial score (nSPS) is 12.8. The van der Waals surface area contributed by atoms with Gasteiger partial charge in [-0.2, -0.15) is 13.2 Å². The first-order valence-electron chi connectivity index (χ1n) is 7.27. The highest BCUT2D eigenvalue weighted by atomic mass is 32.1. The monoisotopic (exact) mass is 365 g/mol. The Morgan fingerprint density at radius 3 is 2.48 bits per heavy atom. The Labute approximate surface area is 145 Å². The second-order valence-corrected chi connectivity index (χ2v) is 6.31. The largest absolute Gasteiger partial charge is 0.416 e. The number of pyridine rings is 1. The third kappa shape index (κ3) is 3.98. The number of anilines is 2. The number of alkyl halides is 3. The Bertz CT molecular complexity index is 863. The Balaban J connectivity index is 1.96. The summed E-state index contributed by atoms with van der Waals surface area (Å²) in [6.07, 6.45) is -4.64. The average molecular weight is 365 g/mol. The number of halogens is 3. The molecule has 1 aromatic carbocycles. The molecule has 0 fully saturated rings. The molecule has 1 unspecified atom stereocenters. The van der Waals surface area contributed by atoms with Gasteiger partial charge in [-0.25, -0.2) is 4.98 Å². The molecule has 0 radical (unpaired) electrons. The minimum atomic E-state index is -4.46. The first kappa shape index (κ1) is 17.4. The summed E-state index contributed by atoms with van der Waals surface area (Å²) in [5.41, 5.74) is 6.08. The Hall–Kier alpha value is -2.42. The Morgan fingerprint density at radius 1 is 1.12 bits per heavy atom. The van der Waals surface area contributed by atoms with Crippen LogP contribution in [-0.2, 0) is 6.18 Å². The van der Waals surface area contributed by atoms with Crippen molar-refractivity contribution in [2.45, 2.75) is 12.4 Å². The standard InChI is InChI=1S/C17H14F3N3OS/c18-17(19,20)11-6-7-22-14(8-11)23-16-12(15(21)24)9-13(25-16)10-4-2-1-3-5-10/h1-9,15,24H,21H2,(H,22,23). The summed E-state index contributed by atoms with van der Waals surface area (Å²) in [6, 6.07) is 12.9. The summed E-state index contributed by atoms with van der Waals surface area (Å²) in [4.78, 5) is 4.73. The van der Waals surface area contributed by atoms with E-state index in [0.717, 1.165) is 28.8 Å². The summed E-state index contributed by atoms with van der Waals surface area (Å²) in [7, 11) is 0. The van der Waals surface area contributed by atoms with Crippen LogP contribution >= 0.6 is 11.3 Å². The van der Waals surface area contributed by atoms with Crippen LogP contribution in [0.5, 0.6) is 0 Å². The number of rotatable bonds is 4. The van der Waals surface area contributed by atoms with Crippen molar-refractivity contribution in [3.8, 4) is 10.4 Å². The molecule has 130 valence electrons. The number of benzene rings is 1. The number of thiophene rings is 1. The molecule has 0 saturated carbocycles. The minimum absolute atomic E-state index is 0.0261. The van der Waals surface area contributed by atoms with Gasteiger partial charge in [0.15, 0.2) is 0 Å². The van der Waals surface area contributed by atoms with E-state index in [1.807, 2.05) is 30.3 Å². The lowest BCUT2D eigenvalue weighted by Crippen LogP contribution is -2.10. The molecule has 0 saturated heterocycles. The zero-order valence-corrected chi connectivity index (χ0v) is 13.6. The van der Waals surface area contributed by atoms with E-state index in [9.17, 15) is 18.3 Å². The van der Waals surface area contributed by atoms with E-state index in [1.165, 1.54) is 11.3 Å². The van der Waals surface area contributed by atoms with Crippen molar-refractivity contribution >= 4 is 22.2 Å². The molecule has 0 aliphatic rings. The van der Waals surface area contributed by atoms with E-state index in [1.54, 1.807) is 6.07 Å². The van der Waals surface area contributed by atoms with Crippen LogP contribution in [-0.4, -0.2) is 10.1 Å². The number of nitrogens with two attached hydrogens (primary N) is 1. The van der Waals surface area contributed by atoms with Gasteiger partial charge < -0.3 is 16.2 Å². The summed E-state index contributed by atoms with van der Waals surface area (Å²) < 4.78 is 38.5. The van der Waals surface area contributed by atoms with Crippen molar-refractivity contribution in [1.82, 2.24) is 4.98 Å². The van der Waals surface area contributed by atoms with Gasteiger partial charge in [0.2, 0.25) is 0 Å². The van der Waals surface area contributed by atoms with Crippen LogP contribution in [0.3, 0.4) is 0 Å². The van der Waals surface area contributed by atoms with Crippen LogP contribution in [0, 0.1) is 0 Å². The highest BCUT2D eigenvalue weighted by molar-refractivity contribution is 7.19. The van der Waals surface area contributed by atoms with Gasteiger partial charge in [0.05, 0.1) is 5.56 Å². The molecule has 0 aliphatic heterocycles. The van der Waals surface area contributed by atoms with Crippen LogP contribution in [0.1, 0.15) is 17.4 Å². The Kier molecular flexibility index (Phi) is 4.76. The minimum Gasteiger partial charge on any atom is -0.374 e. The second-order valence-electron chi connectivity index (χ2n) is 5.26. The van der Waals surface area contributed by atoms with E-state index in [4.69, 9.17) is 5.73 Å². The average Bonchev–Trinajstić information content (AvgIpc) is 2.99. The fraction of sp³-hybridized carbons (Fsp3) is 0.118. The molecule has 1 atom stereocenters. The first-order chi connectivity index (χ1) is 11.8. The zero-order valence-electron chi connectivity index (χ0n) is 12.8. The SMILES string of the molecule is NC(O)c1cc(-c2ccccc2)sc1Nc1cc(C(F)(F)F)ccn1. The van der Waals surface area contributed by atoms with Crippen LogP contribution in [0.25, 0.3) is 10.4 Å². The van der Waals surface area contributed by atoms with Crippen LogP contribution < -0.4 is 11.1 Å². The summed E-state index contributed by atoms with van der Waals surface area (Å²) >= 11 is 1.28. The third-order valence-electron chi connectivity index (χ3n) is 3.47. The van der Waals surface area contributed by atoms with E-state index in [-0.39, 0.29) is 5.82 Å². The number of hydrogen-bond acceptors (Lipinski definition) is 5. The molecule has 3 rings (SSSR count). The number of aliphatic hydroxyl groups is 1. The van der Waals surface area contributed by atoms with Crippen molar-refractivity contribution in [3.63, 3.8) is 0 Å². The lowest BCUT2D eigenvalue weighted by atomic mass is 10.1. The van der Waals surface area contributed by atoms with Gasteiger partial charge in [0, 0.05) is 16.6 Å². The van der Waals surface area contributed by atoms with Crippen LogP contribution in [0.4, 0.5) is 24.0 Å². The van der Waals surface area contributed by atoms with Crippen molar-refractivity contribution in [2.75, 3.05) is 5.32 Å². The maximum Gasteiger partial charge on any atom is 0.416 e. The molecule has 2 heterocycles. The zero-order chi connectivity index (χ0) is 18.0. The van der Waals surface area contributed by atoms with Gasteiger partial charge in [-0.3, -0.25) is 0 Å². The predicted octanol–water partition coefficient (Wildman–Crippen LogP) is 4.52. The number of aromatic nitrogens is 1. The second kappa shape index (κ2) is 6.83. The molecule has 3 aromatic rings. The molecule has 8 heteroatoms. The van der Waals surface area contributed by atoms with E-state index < -0.39 is 18.0 Å². The lowest BCUT2D eigenvalue weighted by molar-refractivity contribution is -0.137. The van der Waals surface area contributed by atoms with E-state index in [0.29, 0.717) is 10.6 Å². The van der Waals surface area contributed by atoms with Gasteiger partial charge in [0.1, 0.15) is 17.0 Å². The molecule has 0 spiro atoms. The van der Waals surface area contributed by atoms with Gasteiger partial charge in [-0.15, -0.1) is 11.3 Å². The molecule has 0 bridgehead atoms. The number of hydrogen-bond donors (Lipinski definition) is 3. The summed E-state index contributed by atoms with van der Waals surface area (Å²) in [5.74, 6) is 0.0261. The Morgan fingerprint density at radius 2 is 1.84 bits per heavy atom. The van der Waals surface area contributed by atoms with E-state index >= 15 is 0 Å². The van der Waals surface area contributed by atoms with Crippen LogP contribution in [0.15, 0.2) is 54.7 Å². The van der Waals surface area contributed by atoms with E-state index in [2.05, 4.69) is 10.3 Å². The smallest absolute Gasteiger partial charge is 0.374 e. The van der Waals surface area contributed by atoms with Crippen molar-refractivity contribution in [3.05, 3.63) is 65.9 Å². The molecular formula is C17H14F3N3OS. The molecule has 4 N–H and O–H groups in total. The lowest BCUT2D eigenvalue weighted by Gasteiger charge is -2.11. The van der Waals surface area contributed by atoms with Gasteiger partial charge in [-0.1, -0.05) is 30.3 Å². The molecule has 4 nitrogen and oxygen atoms in total. The summed E-state index contributed by atoms with van der Waals surface area (Å²) in [6.45, 7) is 0. The maximum atomic E-state index is 12.8. The van der Waals surface area contributed by atoms with Crippen molar-refractivity contribution in [2.24, 2.45) is 5.73 Å². The topological polar surface area (TPSA) is 71.2 Å². The highest BCUT2D eigenvalue weighted by Crippen LogP contribution is 2.39. The molecule has 25 heavy (non-hydrogen) atoms. The maximum absolute atomic E-state index is 12.8. The fourth-order valence-corrected chi connectivity index (χ4v) is 3.37. The molecular weight excluding hydrogens is 351 g/mol. The fourth-order valence-electron chi connectivity index (χ4n) is 2.26. The van der Waals surface area contributed by atoms with Crippen molar-refractivity contribution < 1.29 is 18.3 Å². The molecule has 2 aromatic heterocycles. The summed E-state index contributed by atoms with van der Waals surface area (Å²) in [5, 5.41) is 13.0.